The number of methoxy groups -OCH3 is 2. The van der Waals surface area contributed by atoms with Gasteiger partial charge in [0.05, 0.1) is 19.8 Å². The predicted octanol–water partition coefficient (Wildman–Crippen LogP) is 3.37. The average molecular weight is 370 g/mol. The van der Waals surface area contributed by atoms with E-state index in [1.54, 1.807) is 0 Å². The Balaban J connectivity index is 2.49. The number of benzene rings is 1. The van der Waals surface area contributed by atoms with Crippen molar-refractivity contribution in [1.29, 1.82) is 0 Å². The van der Waals surface area contributed by atoms with Crippen molar-refractivity contribution in [3.63, 3.8) is 0 Å². The van der Waals surface area contributed by atoms with E-state index in [0.29, 0.717) is 0 Å². The van der Waals surface area contributed by atoms with Crippen molar-refractivity contribution in [2.45, 2.75) is 6.18 Å². The summed E-state index contributed by atoms with van der Waals surface area (Å²) >= 11 is 0. The molecule has 1 heterocycles. The van der Waals surface area contributed by atoms with Crippen LogP contribution in [0.15, 0.2) is 36.4 Å². The predicted molar refractivity (Wildman–Crippen MR) is 82.7 cm³/mol. The number of carboxylic acid groups (broad SMARTS) is 1. The average Bonchev–Trinajstić information content (AvgIpc) is 2.59. The van der Waals surface area contributed by atoms with E-state index in [1.165, 1.54) is 19.2 Å². The summed E-state index contributed by atoms with van der Waals surface area (Å²) in [5, 5.41) is 9.06. The molecule has 0 bridgehead atoms. The molecule has 0 aliphatic carbocycles. The van der Waals surface area contributed by atoms with Crippen molar-refractivity contribution in [1.82, 2.24) is 9.97 Å². The van der Waals surface area contributed by atoms with Crippen molar-refractivity contribution in [3.05, 3.63) is 47.5 Å². The number of ether oxygens (including phenoxy) is 3. The second-order valence-electron chi connectivity index (χ2n) is 4.75. The molecule has 26 heavy (non-hydrogen) atoms. The molecule has 0 unspecified atom stereocenters. The van der Waals surface area contributed by atoms with Crippen LogP contribution < -0.4 is 9.47 Å². The van der Waals surface area contributed by atoms with Crippen molar-refractivity contribution < 1.29 is 37.3 Å². The lowest BCUT2D eigenvalue weighted by Gasteiger charge is -2.12. The molecular formula is C16H13F3N2O5. The second kappa shape index (κ2) is 7.72. The van der Waals surface area contributed by atoms with Gasteiger partial charge in [-0.1, -0.05) is 6.07 Å². The minimum Gasteiger partial charge on any atom is -0.490 e. The van der Waals surface area contributed by atoms with Crippen LogP contribution in [-0.2, 0) is 15.7 Å². The molecule has 0 saturated heterocycles. The molecule has 0 fully saturated rings. The van der Waals surface area contributed by atoms with Gasteiger partial charge in [0, 0.05) is 6.08 Å². The minimum atomic E-state index is -4.54. The first-order valence-electron chi connectivity index (χ1n) is 6.99. The molecule has 2 rings (SSSR count). The van der Waals surface area contributed by atoms with Crippen molar-refractivity contribution in [3.8, 4) is 17.5 Å². The van der Waals surface area contributed by atoms with Crippen LogP contribution in [0.3, 0.4) is 0 Å². The summed E-state index contributed by atoms with van der Waals surface area (Å²) < 4.78 is 53.6. The zero-order valence-electron chi connectivity index (χ0n) is 13.6. The summed E-state index contributed by atoms with van der Waals surface area (Å²) in [5.74, 6) is -2.23. The second-order valence-corrected chi connectivity index (χ2v) is 4.75. The Labute approximate surface area is 145 Å². The van der Waals surface area contributed by atoms with Gasteiger partial charge in [-0.15, -0.1) is 0 Å². The Bertz CT molecular complexity index is 837. The van der Waals surface area contributed by atoms with Crippen LogP contribution >= 0.6 is 0 Å². The molecule has 0 saturated carbocycles. The Morgan fingerprint density at radius 1 is 1.19 bits per heavy atom. The lowest BCUT2D eigenvalue weighted by Crippen LogP contribution is -2.05. The molecule has 1 aromatic heterocycles. The molecule has 2 aromatic rings. The standard InChI is InChI=1S/C16H13F3N2O5/c1-24-12(15(22)23)7-11-13(25-2)20-8-21-14(11)26-10-5-3-4-9(6-10)16(17,18)19/h3-8H,1-2H3,(H,22,23). The maximum absolute atomic E-state index is 12.8. The highest BCUT2D eigenvalue weighted by Crippen LogP contribution is 2.34. The lowest BCUT2D eigenvalue weighted by atomic mass is 10.2. The van der Waals surface area contributed by atoms with E-state index < -0.39 is 23.5 Å². The maximum Gasteiger partial charge on any atom is 0.416 e. The largest absolute Gasteiger partial charge is 0.490 e. The highest BCUT2D eigenvalue weighted by molar-refractivity contribution is 5.90. The third-order valence-electron chi connectivity index (χ3n) is 3.09. The normalized spacial score (nSPS) is 11.8. The Morgan fingerprint density at radius 2 is 1.88 bits per heavy atom. The van der Waals surface area contributed by atoms with Crippen LogP contribution in [0.4, 0.5) is 13.2 Å². The Kier molecular flexibility index (Phi) is 5.65. The smallest absolute Gasteiger partial charge is 0.416 e. The van der Waals surface area contributed by atoms with E-state index in [0.717, 1.165) is 31.6 Å². The van der Waals surface area contributed by atoms with E-state index in [1.807, 2.05) is 0 Å². The van der Waals surface area contributed by atoms with E-state index in [9.17, 15) is 18.0 Å². The number of hydrogen-bond donors (Lipinski definition) is 1. The number of hydrogen-bond acceptors (Lipinski definition) is 6. The lowest BCUT2D eigenvalue weighted by molar-refractivity contribution is -0.138. The highest BCUT2D eigenvalue weighted by atomic mass is 19.4. The van der Waals surface area contributed by atoms with Crippen LogP contribution in [0.2, 0.25) is 0 Å². The Morgan fingerprint density at radius 3 is 2.46 bits per heavy atom. The quantitative estimate of drug-likeness (QED) is 0.616. The molecule has 7 nitrogen and oxygen atoms in total. The van der Waals surface area contributed by atoms with Gasteiger partial charge in [-0.2, -0.15) is 13.2 Å². The molecule has 0 aliphatic rings. The van der Waals surface area contributed by atoms with Gasteiger partial charge < -0.3 is 19.3 Å². The van der Waals surface area contributed by atoms with Gasteiger partial charge in [-0.3, -0.25) is 0 Å². The molecule has 1 aromatic carbocycles. The number of alkyl halides is 3. The van der Waals surface area contributed by atoms with Gasteiger partial charge in [0.1, 0.15) is 17.6 Å². The van der Waals surface area contributed by atoms with Crippen LogP contribution in [0.25, 0.3) is 6.08 Å². The summed E-state index contributed by atoms with van der Waals surface area (Å²) in [6.45, 7) is 0. The fourth-order valence-electron chi connectivity index (χ4n) is 1.92. The number of nitrogens with zero attached hydrogens (tertiary/aromatic N) is 2. The van der Waals surface area contributed by atoms with Crippen LogP contribution in [-0.4, -0.2) is 35.3 Å². The number of aromatic nitrogens is 2. The number of rotatable bonds is 6. The van der Waals surface area contributed by atoms with E-state index in [-0.39, 0.29) is 23.1 Å². The first kappa shape index (κ1) is 19.0. The summed E-state index contributed by atoms with van der Waals surface area (Å²) in [4.78, 5) is 18.8. The molecule has 0 spiro atoms. The Hall–Kier alpha value is -3.30. The number of carboxylic acids is 1. The molecule has 0 amide bonds. The van der Waals surface area contributed by atoms with Gasteiger partial charge in [0.2, 0.25) is 17.5 Å². The van der Waals surface area contributed by atoms with E-state index >= 15 is 0 Å². The molecular weight excluding hydrogens is 357 g/mol. The number of carbonyl (C=O) groups is 1. The highest BCUT2D eigenvalue weighted by Gasteiger charge is 2.30. The van der Waals surface area contributed by atoms with E-state index in [2.05, 4.69) is 9.97 Å². The third-order valence-corrected chi connectivity index (χ3v) is 3.09. The van der Waals surface area contributed by atoms with Crippen molar-refractivity contribution in [2.24, 2.45) is 0 Å². The summed E-state index contributed by atoms with van der Waals surface area (Å²) in [5.41, 5.74) is -0.914. The van der Waals surface area contributed by atoms with E-state index in [4.69, 9.17) is 19.3 Å². The molecule has 0 radical (unpaired) electrons. The maximum atomic E-state index is 12.8. The first-order valence-corrected chi connectivity index (χ1v) is 6.99. The van der Waals surface area contributed by atoms with Gasteiger partial charge >= 0.3 is 12.1 Å². The van der Waals surface area contributed by atoms with Gasteiger partial charge in [-0.05, 0) is 18.2 Å². The van der Waals surface area contributed by atoms with Crippen LogP contribution in [0.1, 0.15) is 11.1 Å². The fraction of sp³-hybridized carbons (Fsp3) is 0.188. The summed E-state index contributed by atoms with van der Waals surface area (Å²) in [6, 6.07) is 4.15. The monoisotopic (exact) mass is 370 g/mol. The zero-order chi connectivity index (χ0) is 19.3. The van der Waals surface area contributed by atoms with Crippen LogP contribution in [0.5, 0.6) is 17.5 Å². The summed E-state index contributed by atoms with van der Waals surface area (Å²) in [6.07, 6.45) is -2.44. The molecule has 1 N–H and O–H groups in total. The molecule has 138 valence electrons. The molecule has 0 atom stereocenters. The SMILES string of the molecule is COC(=Cc1c(OC)ncnc1Oc1cccc(C(F)(F)F)c1)C(=O)O. The van der Waals surface area contributed by atoms with Gasteiger partial charge in [0.25, 0.3) is 0 Å². The van der Waals surface area contributed by atoms with Crippen LogP contribution in [0, 0.1) is 0 Å². The molecule has 10 heteroatoms. The van der Waals surface area contributed by atoms with Gasteiger partial charge in [0.15, 0.2) is 0 Å². The zero-order valence-corrected chi connectivity index (χ0v) is 13.6. The summed E-state index contributed by atoms with van der Waals surface area (Å²) in [7, 11) is 2.42. The van der Waals surface area contributed by atoms with Crippen molar-refractivity contribution >= 4 is 12.0 Å². The van der Waals surface area contributed by atoms with Crippen molar-refractivity contribution in [2.75, 3.05) is 14.2 Å². The van der Waals surface area contributed by atoms with Gasteiger partial charge in [-0.25, -0.2) is 14.8 Å². The fourth-order valence-corrected chi connectivity index (χ4v) is 1.92. The molecule has 0 aliphatic heterocycles. The first-order chi connectivity index (χ1) is 12.3. The third kappa shape index (κ3) is 4.41. The topological polar surface area (TPSA) is 90.8 Å². The number of halogens is 3. The number of aliphatic carboxylic acids is 1. The minimum absolute atomic E-state index is 0.00772.